The Bertz CT molecular complexity index is 402. The highest BCUT2D eigenvalue weighted by Crippen LogP contribution is 2.32. The number of carbonyl (C=O) groups excluding carboxylic acids is 1. The molecule has 0 unspecified atom stereocenters. The zero-order valence-corrected chi connectivity index (χ0v) is 10.7. The molecule has 0 aliphatic rings. The van der Waals surface area contributed by atoms with Crippen molar-refractivity contribution in [2.45, 2.75) is 20.8 Å². The molecular formula is C12H16ClNO2. The molecule has 0 aromatic heterocycles. The molecule has 0 radical (unpaired) electrons. The maximum absolute atomic E-state index is 11.6. The topological polar surface area (TPSA) is 38.3 Å². The van der Waals surface area contributed by atoms with Gasteiger partial charge in [0.1, 0.15) is 5.75 Å². The number of hydrogen-bond donors (Lipinski definition) is 1. The van der Waals surface area contributed by atoms with E-state index >= 15 is 0 Å². The van der Waals surface area contributed by atoms with E-state index in [2.05, 4.69) is 5.32 Å². The summed E-state index contributed by atoms with van der Waals surface area (Å²) in [6.07, 6.45) is 0. The Labute approximate surface area is 101 Å². The third-order valence-corrected chi connectivity index (χ3v) is 2.44. The number of anilines is 1. The molecule has 0 fully saturated rings. The van der Waals surface area contributed by atoms with Crippen LogP contribution in [0.4, 0.5) is 5.69 Å². The molecule has 0 aliphatic carbocycles. The SMILES string of the molecule is COc1c(C)cc(Cl)cc1NC(=O)C(C)C. The Kier molecular flexibility index (Phi) is 4.19. The smallest absolute Gasteiger partial charge is 0.227 e. The fourth-order valence-electron chi connectivity index (χ4n) is 1.37. The van der Waals surface area contributed by atoms with E-state index in [9.17, 15) is 4.79 Å². The highest BCUT2D eigenvalue weighted by Gasteiger charge is 2.13. The lowest BCUT2D eigenvalue weighted by molar-refractivity contribution is -0.118. The van der Waals surface area contributed by atoms with E-state index in [0.717, 1.165) is 5.56 Å². The van der Waals surface area contributed by atoms with Gasteiger partial charge in [-0.2, -0.15) is 0 Å². The van der Waals surface area contributed by atoms with Gasteiger partial charge in [-0.05, 0) is 24.6 Å². The van der Waals surface area contributed by atoms with Gasteiger partial charge in [-0.3, -0.25) is 4.79 Å². The Morgan fingerprint density at radius 3 is 2.56 bits per heavy atom. The molecule has 0 heterocycles. The van der Waals surface area contributed by atoms with E-state index in [1.165, 1.54) is 0 Å². The van der Waals surface area contributed by atoms with Crippen molar-refractivity contribution in [2.24, 2.45) is 5.92 Å². The van der Waals surface area contributed by atoms with Crippen LogP contribution < -0.4 is 10.1 Å². The lowest BCUT2D eigenvalue weighted by atomic mass is 10.1. The number of carbonyl (C=O) groups is 1. The number of benzene rings is 1. The second-order valence-electron chi connectivity index (χ2n) is 3.95. The van der Waals surface area contributed by atoms with E-state index < -0.39 is 0 Å². The van der Waals surface area contributed by atoms with Crippen LogP contribution in [0.1, 0.15) is 19.4 Å². The van der Waals surface area contributed by atoms with Crippen LogP contribution >= 0.6 is 11.6 Å². The van der Waals surface area contributed by atoms with Crippen LogP contribution in [0.3, 0.4) is 0 Å². The van der Waals surface area contributed by atoms with Gasteiger partial charge in [0.15, 0.2) is 0 Å². The Hall–Kier alpha value is -1.22. The highest BCUT2D eigenvalue weighted by atomic mass is 35.5. The van der Waals surface area contributed by atoms with Crippen molar-refractivity contribution in [3.05, 3.63) is 22.7 Å². The van der Waals surface area contributed by atoms with Crippen LogP contribution in [0.2, 0.25) is 5.02 Å². The average molecular weight is 242 g/mol. The molecule has 0 saturated carbocycles. The average Bonchev–Trinajstić information content (AvgIpc) is 2.16. The quantitative estimate of drug-likeness (QED) is 0.882. The van der Waals surface area contributed by atoms with Crippen molar-refractivity contribution >= 4 is 23.2 Å². The van der Waals surface area contributed by atoms with Gasteiger partial charge in [0, 0.05) is 10.9 Å². The van der Waals surface area contributed by atoms with Gasteiger partial charge in [-0.15, -0.1) is 0 Å². The Morgan fingerprint density at radius 2 is 2.06 bits per heavy atom. The summed E-state index contributed by atoms with van der Waals surface area (Å²) in [6, 6.07) is 3.49. The minimum absolute atomic E-state index is 0.0556. The first kappa shape index (κ1) is 12.8. The number of hydrogen-bond acceptors (Lipinski definition) is 2. The second kappa shape index (κ2) is 5.21. The molecule has 1 aromatic rings. The molecular weight excluding hydrogens is 226 g/mol. The van der Waals surface area contributed by atoms with E-state index in [-0.39, 0.29) is 11.8 Å². The summed E-state index contributed by atoms with van der Waals surface area (Å²) in [5.74, 6) is 0.516. The van der Waals surface area contributed by atoms with Gasteiger partial charge in [-0.25, -0.2) is 0 Å². The van der Waals surface area contributed by atoms with E-state index in [1.54, 1.807) is 19.2 Å². The number of rotatable bonds is 3. The van der Waals surface area contributed by atoms with E-state index in [0.29, 0.717) is 16.5 Å². The van der Waals surface area contributed by atoms with Gasteiger partial charge in [0.05, 0.1) is 12.8 Å². The molecule has 0 spiro atoms. The summed E-state index contributed by atoms with van der Waals surface area (Å²) >= 11 is 5.94. The van der Waals surface area contributed by atoms with Crippen LogP contribution in [-0.2, 0) is 4.79 Å². The highest BCUT2D eigenvalue weighted by molar-refractivity contribution is 6.31. The Morgan fingerprint density at radius 1 is 1.44 bits per heavy atom. The zero-order chi connectivity index (χ0) is 12.3. The summed E-state index contributed by atoms with van der Waals surface area (Å²) in [7, 11) is 1.57. The third-order valence-electron chi connectivity index (χ3n) is 2.23. The number of halogens is 1. The fourth-order valence-corrected chi connectivity index (χ4v) is 1.64. The number of nitrogens with one attached hydrogen (secondary N) is 1. The van der Waals surface area contributed by atoms with Gasteiger partial charge in [-0.1, -0.05) is 25.4 Å². The predicted octanol–water partition coefficient (Wildman–Crippen LogP) is 3.25. The maximum atomic E-state index is 11.6. The van der Waals surface area contributed by atoms with Crippen LogP contribution in [0.25, 0.3) is 0 Å². The number of ether oxygens (including phenoxy) is 1. The molecule has 4 heteroatoms. The monoisotopic (exact) mass is 241 g/mol. The summed E-state index contributed by atoms with van der Waals surface area (Å²) in [6.45, 7) is 5.55. The second-order valence-corrected chi connectivity index (χ2v) is 4.38. The molecule has 1 aromatic carbocycles. The fraction of sp³-hybridized carbons (Fsp3) is 0.417. The summed E-state index contributed by atoms with van der Waals surface area (Å²) < 4.78 is 5.24. The first-order chi connectivity index (χ1) is 7.45. The molecule has 0 saturated heterocycles. The molecule has 1 rings (SSSR count). The molecule has 1 amide bonds. The predicted molar refractivity (Wildman–Crippen MR) is 66.2 cm³/mol. The largest absolute Gasteiger partial charge is 0.494 e. The van der Waals surface area contributed by atoms with Crippen molar-refractivity contribution in [2.75, 3.05) is 12.4 Å². The lowest BCUT2D eigenvalue weighted by Crippen LogP contribution is -2.18. The molecule has 0 bridgehead atoms. The number of aryl methyl sites for hydroxylation is 1. The molecule has 0 aliphatic heterocycles. The van der Waals surface area contributed by atoms with Crippen molar-refractivity contribution < 1.29 is 9.53 Å². The molecule has 16 heavy (non-hydrogen) atoms. The van der Waals surface area contributed by atoms with Gasteiger partial charge in [0.2, 0.25) is 5.91 Å². The van der Waals surface area contributed by atoms with Gasteiger partial charge >= 0.3 is 0 Å². The first-order valence-electron chi connectivity index (χ1n) is 5.10. The van der Waals surface area contributed by atoms with Crippen LogP contribution in [0.15, 0.2) is 12.1 Å². The minimum atomic E-state index is -0.0796. The maximum Gasteiger partial charge on any atom is 0.227 e. The Balaban J connectivity index is 3.07. The lowest BCUT2D eigenvalue weighted by Gasteiger charge is -2.14. The van der Waals surface area contributed by atoms with Gasteiger partial charge < -0.3 is 10.1 Å². The van der Waals surface area contributed by atoms with Crippen molar-refractivity contribution in [3.8, 4) is 5.75 Å². The summed E-state index contributed by atoms with van der Waals surface area (Å²) in [5.41, 5.74) is 1.51. The normalized spacial score (nSPS) is 10.4. The summed E-state index contributed by atoms with van der Waals surface area (Å²) in [5, 5.41) is 3.38. The number of methoxy groups -OCH3 is 1. The molecule has 0 atom stereocenters. The molecule has 1 N–H and O–H groups in total. The van der Waals surface area contributed by atoms with Crippen molar-refractivity contribution in [1.29, 1.82) is 0 Å². The standard InChI is InChI=1S/C12H16ClNO2/c1-7(2)12(15)14-10-6-9(13)5-8(3)11(10)16-4/h5-7H,1-4H3,(H,14,15). The van der Waals surface area contributed by atoms with Crippen LogP contribution in [-0.4, -0.2) is 13.0 Å². The number of amides is 1. The minimum Gasteiger partial charge on any atom is -0.494 e. The first-order valence-corrected chi connectivity index (χ1v) is 5.48. The van der Waals surface area contributed by atoms with Gasteiger partial charge in [0.25, 0.3) is 0 Å². The van der Waals surface area contributed by atoms with Crippen LogP contribution in [0, 0.1) is 12.8 Å². The van der Waals surface area contributed by atoms with Crippen molar-refractivity contribution in [1.82, 2.24) is 0 Å². The molecule has 3 nitrogen and oxygen atoms in total. The zero-order valence-electron chi connectivity index (χ0n) is 9.93. The van der Waals surface area contributed by atoms with Crippen molar-refractivity contribution in [3.63, 3.8) is 0 Å². The van der Waals surface area contributed by atoms with E-state index in [1.807, 2.05) is 20.8 Å². The summed E-state index contributed by atoms with van der Waals surface area (Å²) in [4.78, 5) is 11.6. The van der Waals surface area contributed by atoms with Crippen LogP contribution in [0.5, 0.6) is 5.75 Å². The molecule has 88 valence electrons. The van der Waals surface area contributed by atoms with E-state index in [4.69, 9.17) is 16.3 Å². The third kappa shape index (κ3) is 2.89.